The predicted molar refractivity (Wildman–Crippen MR) is 63.8 cm³/mol. The Morgan fingerprint density at radius 1 is 0.909 bits per heavy atom. The van der Waals surface area contributed by atoms with Crippen molar-refractivity contribution in [3.8, 4) is 11.5 Å². The summed E-state index contributed by atoms with van der Waals surface area (Å²) in [6, 6.07) is 3.10. The van der Waals surface area contributed by atoms with Crippen LogP contribution in [-0.4, -0.2) is 5.11 Å². The lowest BCUT2D eigenvalue weighted by molar-refractivity contribution is -0.140. The Kier molecular flexibility index (Phi) is 4.32. The molecule has 0 aromatic heterocycles. The van der Waals surface area contributed by atoms with Crippen molar-refractivity contribution in [2.45, 2.75) is 12.8 Å². The minimum Gasteiger partial charge on any atom is -0.451 e. The Labute approximate surface area is 120 Å². The quantitative estimate of drug-likeness (QED) is 0.848. The zero-order valence-corrected chi connectivity index (χ0v) is 10.7. The van der Waals surface area contributed by atoms with Crippen molar-refractivity contribution in [3.63, 3.8) is 0 Å². The van der Waals surface area contributed by atoms with Crippen molar-refractivity contribution in [2.24, 2.45) is 0 Å². The predicted octanol–water partition coefficient (Wildman–Crippen LogP) is 4.41. The van der Waals surface area contributed by atoms with Gasteiger partial charge < -0.3 is 9.84 Å². The van der Waals surface area contributed by atoms with Gasteiger partial charge in [-0.05, 0) is 29.8 Å². The first-order valence-corrected chi connectivity index (χ1v) is 5.85. The average molecular weight is 322 g/mol. The molecule has 2 aromatic carbocycles. The number of aliphatic hydroxyl groups is 1. The normalized spacial score (nSPS) is 11.6. The lowest BCUT2D eigenvalue weighted by atomic mass is 10.2. The summed E-state index contributed by atoms with van der Waals surface area (Å²) < 4.78 is 82.5. The second-order valence-electron chi connectivity index (χ2n) is 4.29. The molecule has 0 atom stereocenters. The van der Waals surface area contributed by atoms with E-state index in [0.717, 1.165) is 18.2 Å². The zero-order valence-electron chi connectivity index (χ0n) is 10.7. The van der Waals surface area contributed by atoms with Gasteiger partial charge in [-0.25, -0.2) is 13.2 Å². The van der Waals surface area contributed by atoms with Crippen LogP contribution in [-0.2, 0) is 12.8 Å². The number of benzene rings is 2. The van der Waals surface area contributed by atoms with Gasteiger partial charge in [0.25, 0.3) is 0 Å². The Bertz CT molecular complexity index is 673. The summed E-state index contributed by atoms with van der Waals surface area (Å²) in [4.78, 5) is 0. The molecule has 0 unspecified atom stereocenters. The largest absolute Gasteiger partial charge is 0.451 e. The Balaban J connectivity index is 2.34. The maximum atomic E-state index is 13.6. The molecule has 118 valence electrons. The van der Waals surface area contributed by atoms with Gasteiger partial charge in [0.05, 0.1) is 12.2 Å². The Morgan fingerprint density at radius 3 is 1.95 bits per heavy atom. The second kappa shape index (κ2) is 5.88. The van der Waals surface area contributed by atoms with Gasteiger partial charge in [0.1, 0.15) is 11.6 Å². The average Bonchev–Trinajstić information content (AvgIpc) is 2.41. The fourth-order valence-electron chi connectivity index (χ4n) is 1.71. The van der Waals surface area contributed by atoms with Crippen LogP contribution in [0.25, 0.3) is 0 Å². The number of halogens is 6. The molecule has 0 spiro atoms. The molecule has 0 amide bonds. The lowest BCUT2D eigenvalue weighted by Crippen LogP contribution is -2.08. The summed E-state index contributed by atoms with van der Waals surface area (Å²) in [6.07, 6.45) is -4.89. The minimum absolute atomic E-state index is 0.0547. The van der Waals surface area contributed by atoms with E-state index in [4.69, 9.17) is 9.84 Å². The molecule has 8 heteroatoms. The van der Waals surface area contributed by atoms with Gasteiger partial charge in [-0.1, -0.05) is 0 Å². The van der Waals surface area contributed by atoms with Crippen LogP contribution in [0.5, 0.6) is 11.5 Å². The maximum absolute atomic E-state index is 13.6. The molecule has 0 aliphatic rings. The molecule has 0 fully saturated rings. The van der Waals surface area contributed by atoms with E-state index in [9.17, 15) is 26.3 Å². The van der Waals surface area contributed by atoms with Crippen LogP contribution in [0.2, 0.25) is 0 Å². The van der Waals surface area contributed by atoms with Crippen molar-refractivity contribution >= 4 is 0 Å². The lowest BCUT2D eigenvalue weighted by Gasteiger charge is -2.12. The fourth-order valence-corrected chi connectivity index (χ4v) is 1.71. The number of rotatable bonds is 3. The molecule has 2 aromatic rings. The number of ether oxygens (including phenoxy) is 1. The van der Waals surface area contributed by atoms with Crippen LogP contribution in [0.3, 0.4) is 0 Å². The summed E-state index contributed by atoms with van der Waals surface area (Å²) in [5.74, 6) is -5.39. The van der Waals surface area contributed by atoms with Crippen LogP contribution in [0, 0.1) is 17.5 Å². The molecular formula is C14H8F6O2. The highest BCUT2D eigenvalue weighted by Gasteiger charge is 2.34. The van der Waals surface area contributed by atoms with E-state index in [-0.39, 0.29) is 5.56 Å². The molecule has 0 saturated carbocycles. The Morgan fingerprint density at radius 2 is 1.50 bits per heavy atom. The van der Waals surface area contributed by atoms with E-state index in [1.165, 1.54) is 0 Å². The third-order valence-corrected chi connectivity index (χ3v) is 2.71. The van der Waals surface area contributed by atoms with E-state index in [1.807, 2.05) is 0 Å². The molecule has 1 N–H and O–H groups in total. The fraction of sp³-hybridized carbons (Fsp3) is 0.143. The van der Waals surface area contributed by atoms with Crippen molar-refractivity contribution in [3.05, 3.63) is 58.9 Å². The number of hydrogen-bond acceptors (Lipinski definition) is 2. The van der Waals surface area contributed by atoms with Crippen molar-refractivity contribution in [1.82, 2.24) is 0 Å². The summed E-state index contributed by atoms with van der Waals surface area (Å²) >= 11 is 0. The zero-order chi connectivity index (χ0) is 16.5. The van der Waals surface area contributed by atoms with E-state index < -0.39 is 47.3 Å². The van der Waals surface area contributed by atoms with Crippen LogP contribution in [0.4, 0.5) is 26.3 Å². The highest BCUT2D eigenvalue weighted by Crippen LogP contribution is 2.35. The molecule has 2 rings (SSSR count). The van der Waals surface area contributed by atoms with Gasteiger partial charge in [0.15, 0.2) is 17.4 Å². The molecular weight excluding hydrogens is 314 g/mol. The molecule has 2 nitrogen and oxygen atoms in total. The summed E-state index contributed by atoms with van der Waals surface area (Å²) in [5, 5.41) is 8.78. The smallest absolute Gasteiger partial charge is 0.419 e. The maximum Gasteiger partial charge on any atom is 0.419 e. The number of hydrogen-bond donors (Lipinski definition) is 1. The molecule has 0 saturated heterocycles. The molecule has 0 radical (unpaired) electrons. The topological polar surface area (TPSA) is 29.5 Å². The van der Waals surface area contributed by atoms with Gasteiger partial charge in [0, 0.05) is 6.07 Å². The SMILES string of the molecule is OCc1cc(F)c(Oc2ccc(C(F)(F)F)c(F)c2)c(F)c1. The molecule has 0 bridgehead atoms. The number of aliphatic hydroxyl groups excluding tert-OH is 1. The van der Waals surface area contributed by atoms with Crippen LogP contribution >= 0.6 is 0 Å². The molecule has 0 heterocycles. The van der Waals surface area contributed by atoms with E-state index >= 15 is 0 Å². The first kappa shape index (κ1) is 16.2. The van der Waals surface area contributed by atoms with Gasteiger partial charge in [-0.2, -0.15) is 13.2 Å². The standard InChI is InChI=1S/C14H8F6O2/c15-10-5-8(1-2-9(10)14(18,19)20)22-13-11(16)3-7(6-21)4-12(13)17/h1-5,21H,6H2. The first-order valence-electron chi connectivity index (χ1n) is 5.85. The van der Waals surface area contributed by atoms with Crippen molar-refractivity contribution in [1.29, 1.82) is 0 Å². The number of alkyl halides is 3. The minimum atomic E-state index is -4.89. The highest BCUT2D eigenvalue weighted by molar-refractivity contribution is 5.37. The van der Waals surface area contributed by atoms with Crippen LogP contribution in [0.1, 0.15) is 11.1 Å². The monoisotopic (exact) mass is 322 g/mol. The summed E-state index contributed by atoms with van der Waals surface area (Å²) in [7, 11) is 0. The molecule has 22 heavy (non-hydrogen) atoms. The van der Waals surface area contributed by atoms with Gasteiger partial charge in [0.2, 0.25) is 0 Å². The van der Waals surface area contributed by atoms with Gasteiger partial charge in [-0.3, -0.25) is 0 Å². The van der Waals surface area contributed by atoms with Crippen LogP contribution in [0.15, 0.2) is 30.3 Å². The first-order chi connectivity index (χ1) is 10.2. The molecule has 0 aliphatic carbocycles. The van der Waals surface area contributed by atoms with Crippen molar-refractivity contribution < 1.29 is 36.2 Å². The van der Waals surface area contributed by atoms with Gasteiger partial charge in [-0.15, -0.1) is 0 Å². The third kappa shape index (κ3) is 3.33. The molecule has 0 aliphatic heterocycles. The summed E-state index contributed by atoms with van der Waals surface area (Å²) in [5.41, 5.74) is -1.57. The summed E-state index contributed by atoms with van der Waals surface area (Å²) in [6.45, 7) is -0.608. The van der Waals surface area contributed by atoms with Gasteiger partial charge >= 0.3 is 6.18 Å². The van der Waals surface area contributed by atoms with Crippen molar-refractivity contribution in [2.75, 3.05) is 0 Å². The second-order valence-corrected chi connectivity index (χ2v) is 4.29. The van der Waals surface area contributed by atoms with E-state index in [1.54, 1.807) is 0 Å². The third-order valence-electron chi connectivity index (χ3n) is 2.71. The van der Waals surface area contributed by atoms with E-state index in [2.05, 4.69) is 0 Å². The Hall–Kier alpha value is -2.22. The van der Waals surface area contributed by atoms with Crippen LogP contribution < -0.4 is 4.74 Å². The highest BCUT2D eigenvalue weighted by atomic mass is 19.4. The van der Waals surface area contributed by atoms with E-state index in [0.29, 0.717) is 12.1 Å².